The number of nitrogens with one attached hydrogen (secondary N) is 3. The first-order valence-corrected chi connectivity index (χ1v) is 8.44. The zero-order valence-electron chi connectivity index (χ0n) is 12.8. The van der Waals surface area contributed by atoms with Crippen molar-refractivity contribution in [1.82, 2.24) is 15.6 Å². The van der Waals surface area contributed by atoms with Crippen LogP contribution in [0.4, 0.5) is 5.69 Å². The van der Waals surface area contributed by atoms with Gasteiger partial charge in [-0.15, -0.1) is 0 Å². The number of aromatic amines is 1. The number of H-pyrrole nitrogens is 1. The first-order valence-electron chi connectivity index (χ1n) is 7.27. The van der Waals surface area contributed by atoms with Crippen molar-refractivity contribution in [2.24, 2.45) is 5.10 Å². The van der Waals surface area contributed by atoms with E-state index in [-0.39, 0.29) is 0 Å². The van der Waals surface area contributed by atoms with E-state index >= 15 is 0 Å². The number of hydrogen-bond donors (Lipinski definition) is 3. The predicted molar refractivity (Wildman–Crippen MR) is 107 cm³/mol. The minimum Gasteiger partial charge on any atom is -0.330 e. The van der Waals surface area contributed by atoms with Crippen LogP contribution in [0.5, 0.6) is 0 Å². The molecule has 8 heteroatoms. The van der Waals surface area contributed by atoms with Crippen LogP contribution in [0.2, 0.25) is 10.0 Å². The lowest BCUT2D eigenvalue weighted by Crippen LogP contribution is -2.24. The van der Waals surface area contributed by atoms with E-state index in [0.717, 1.165) is 16.8 Å². The summed E-state index contributed by atoms with van der Waals surface area (Å²) in [5, 5.41) is 15.5. The molecule has 0 amide bonds. The molecule has 0 aliphatic rings. The van der Waals surface area contributed by atoms with Crippen molar-refractivity contribution in [1.29, 1.82) is 0 Å². The Morgan fingerprint density at radius 3 is 2.72 bits per heavy atom. The number of anilines is 1. The third-order valence-electron chi connectivity index (χ3n) is 3.28. The molecule has 0 aliphatic carbocycles. The summed E-state index contributed by atoms with van der Waals surface area (Å²) in [5.74, 6) is 0. The molecule has 3 N–H and O–H groups in total. The van der Waals surface area contributed by atoms with Gasteiger partial charge in [0, 0.05) is 16.1 Å². The van der Waals surface area contributed by atoms with E-state index in [1.54, 1.807) is 30.6 Å². The molecule has 5 nitrogen and oxygen atoms in total. The average Bonchev–Trinajstić information content (AvgIpc) is 3.07. The molecule has 0 saturated heterocycles. The maximum Gasteiger partial charge on any atom is 0.191 e. The SMILES string of the molecule is S=C(N/N=C\c1cn[nH]c1-c1ccccc1)Nc1ccc(Cl)cc1Cl. The molecule has 0 radical (unpaired) electrons. The van der Waals surface area contributed by atoms with Crippen molar-refractivity contribution in [3.05, 3.63) is 70.3 Å². The molecule has 3 rings (SSSR count). The molecule has 3 aromatic rings. The van der Waals surface area contributed by atoms with Crippen LogP contribution in [0, 0.1) is 0 Å². The first kappa shape index (κ1) is 17.4. The highest BCUT2D eigenvalue weighted by atomic mass is 35.5. The molecule has 0 bridgehead atoms. The van der Waals surface area contributed by atoms with Gasteiger partial charge in [0.05, 0.1) is 28.8 Å². The highest BCUT2D eigenvalue weighted by molar-refractivity contribution is 7.80. The summed E-state index contributed by atoms with van der Waals surface area (Å²) in [6, 6.07) is 15.0. The van der Waals surface area contributed by atoms with Crippen molar-refractivity contribution in [2.45, 2.75) is 0 Å². The molecule has 1 heterocycles. The molecule has 0 fully saturated rings. The Morgan fingerprint density at radius 1 is 1.16 bits per heavy atom. The molecule has 0 spiro atoms. The van der Waals surface area contributed by atoms with Crippen LogP contribution in [0.1, 0.15) is 5.56 Å². The van der Waals surface area contributed by atoms with Gasteiger partial charge in [-0.05, 0) is 30.4 Å². The smallest absolute Gasteiger partial charge is 0.191 e. The Morgan fingerprint density at radius 2 is 1.96 bits per heavy atom. The van der Waals surface area contributed by atoms with Crippen LogP contribution in [0.25, 0.3) is 11.3 Å². The number of benzene rings is 2. The Bertz CT molecular complexity index is 908. The molecule has 1 aromatic heterocycles. The van der Waals surface area contributed by atoms with Crippen LogP contribution in [0.15, 0.2) is 59.8 Å². The summed E-state index contributed by atoms with van der Waals surface area (Å²) >= 11 is 17.2. The van der Waals surface area contributed by atoms with Gasteiger partial charge in [0.1, 0.15) is 0 Å². The summed E-state index contributed by atoms with van der Waals surface area (Å²) in [5.41, 5.74) is 6.13. The van der Waals surface area contributed by atoms with Crippen LogP contribution in [0.3, 0.4) is 0 Å². The van der Waals surface area contributed by atoms with E-state index in [1.807, 2.05) is 30.3 Å². The van der Waals surface area contributed by atoms with Crippen molar-refractivity contribution >= 4 is 52.4 Å². The van der Waals surface area contributed by atoms with Gasteiger partial charge in [-0.1, -0.05) is 53.5 Å². The summed E-state index contributed by atoms with van der Waals surface area (Å²) in [4.78, 5) is 0. The second kappa shape index (κ2) is 8.11. The minimum atomic E-state index is 0.310. The van der Waals surface area contributed by atoms with Crippen LogP contribution < -0.4 is 10.7 Å². The third-order valence-corrected chi connectivity index (χ3v) is 4.02. The molecule has 2 aromatic carbocycles. The molecule has 0 saturated carbocycles. The number of aromatic nitrogens is 2. The van der Waals surface area contributed by atoms with Gasteiger partial charge in [-0.25, -0.2) is 0 Å². The number of nitrogens with zero attached hydrogens (tertiary/aromatic N) is 2. The molecular weight excluding hydrogens is 377 g/mol. The van der Waals surface area contributed by atoms with E-state index in [0.29, 0.717) is 20.8 Å². The van der Waals surface area contributed by atoms with Gasteiger partial charge >= 0.3 is 0 Å². The van der Waals surface area contributed by atoms with E-state index in [4.69, 9.17) is 35.4 Å². The molecule has 0 unspecified atom stereocenters. The minimum absolute atomic E-state index is 0.310. The highest BCUT2D eigenvalue weighted by Gasteiger charge is 2.06. The second-order valence-electron chi connectivity index (χ2n) is 5.01. The highest BCUT2D eigenvalue weighted by Crippen LogP contribution is 2.25. The zero-order chi connectivity index (χ0) is 17.6. The number of halogens is 2. The fourth-order valence-electron chi connectivity index (χ4n) is 2.13. The van der Waals surface area contributed by atoms with Gasteiger partial charge in [-0.2, -0.15) is 10.2 Å². The summed E-state index contributed by atoms with van der Waals surface area (Å²) in [6.07, 6.45) is 3.34. The van der Waals surface area contributed by atoms with Gasteiger partial charge in [-0.3, -0.25) is 10.5 Å². The first-order chi connectivity index (χ1) is 12.1. The maximum absolute atomic E-state index is 6.09. The van der Waals surface area contributed by atoms with Crippen LogP contribution in [-0.2, 0) is 0 Å². The average molecular weight is 390 g/mol. The lowest BCUT2D eigenvalue weighted by atomic mass is 10.1. The number of rotatable bonds is 4. The molecular formula is C17H13Cl2N5S. The lowest BCUT2D eigenvalue weighted by Gasteiger charge is -2.08. The van der Waals surface area contributed by atoms with E-state index < -0.39 is 0 Å². The van der Waals surface area contributed by atoms with Crippen molar-refractivity contribution < 1.29 is 0 Å². The lowest BCUT2D eigenvalue weighted by molar-refractivity contribution is 1.05. The van der Waals surface area contributed by atoms with E-state index in [2.05, 4.69) is 26.0 Å². The Balaban J connectivity index is 1.64. The van der Waals surface area contributed by atoms with Crippen molar-refractivity contribution in [3.8, 4) is 11.3 Å². The van der Waals surface area contributed by atoms with Gasteiger partial charge in [0.25, 0.3) is 0 Å². The van der Waals surface area contributed by atoms with Gasteiger partial charge in [0.15, 0.2) is 5.11 Å². The topological polar surface area (TPSA) is 65.1 Å². The fraction of sp³-hybridized carbons (Fsp3) is 0. The fourth-order valence-corrected chi connectivity index (χ4v) is 2.75. The summed E-state index contributed by atoms with van der Waals surface area (Å²) in [7, 11) is 0. The largest absolute Gasteiger partial charge is 0.330 e. The monoisotopic (exact) mass is 389 g/mol. The summed E-state index contributed by atoms with van der Waals surface area (Å²) in [6.45, 7) is 0. The van der Waals surface area contributed by atoms with Crippen molar-refractivity contribution in [3.63, 3.8) is 0 Å². The Labute approximate surface area is 160 Å². The third kappa shape index (κ3) is 4.57. The quantitative estimate of drug-likeness (QED) is 0.343. The van der Waals surface area contributed by atoms with Gasteiger partial charge in [0.2, 0.25) is 0 Å². The molecule has 0 aliphatic heterocycles. The Hall–Kier alpha value is -2.41. The number of hydrogen-bond acceptors (Lipinski definition) is 3. The predicted octanol–water partition coefficient (Wildman–Crippen LogP) is 4.70. The maximum atomic E-state index is 6.09. The zero-order valence-corrected chi connectivity index (χ0v) is 15.2. The molecule has 126 valence electrons. The van der Waals surface area contributed by atoms with E-state index in [9.17, 15) is 0 Å². The van der Waals surface area contributed by atoms with Gasteiger partial charge < -0.3 is 5.32 Å². The van der Waals surface area contributed by atoms with E-state index in [1.165, 1.54) is 0 Å². The molecule has 25 heavy (non-hydrogen) atoms. The van der Waals surface area contributed by atoms with Crippen LogP contribution >= 0.6 is 35.4 Å². The van der Waals surface area contributed by atoms with Crippen molar-refractivity contribution in [2.75, 3.05) is 5.32 Å². The Kier molecular flexibility index (Phi) is 5.65. The normalized spacial score (nSPS) is 10.8. The van der Waals surface area contributed by atoms with Crippen LogP contribution in [-0.4, -0.2) is 21.5 Å². The second-order valence-corrected chi connectivity index (χ2v) is 6.27. The number of thiocarbonyl (C=S) groups is 1. The summed E-state index contributed by atoms with van der Waals surface area (Å²) < 4.78 is 0. The number of hydrazone groups is 1. The molecule has 0 atom stereocenters. The standard InChI is InChI=1S/C17H13Cl2N5S/c18-13-6-7-15(14(19)8-13)22-17(25)24-21-10-12-9-20-23-16(12)11-4-2-1-3-5-11/h1-10H,(H,20,23)(H2,22,24,25)/b21-10-.